The van der Waals surface area contributed by atoms with Gasteiger partial charge in [-0.05, 0) is 19.8 Å². The second-order valence-electron chi connectivity index (χ2n) is 6.12. The smallest absolute Gasteiger partial charge is 0.344 e. The quantitative estimate of drug-likeness (QED) is 0.818. The van der Waals surface area contributed by atoms with Crippen molar-refractivity contribution in [2.75, 3.05) is 44.2 Å². The average Bonchev–Trinajstić information content (AvgIpc) is 3.24. The van der Waals surface area contributed by atoms with Gasteiger partial charge in [0.25, 0.3) is 0 Å². The van der Waals surface area contributed by atoms with Gasteiger partial charge in [-0.1, -0.05) is 11.3 Å². The molecule has 1 atom stereocenters. The first-order chi connectivity index (χ1) is 11.4. The number of anilines is 1. The minimum atomic E-state index is -4.45. The molecular weight excluding hydrogens is 343 g/mol. The molecule has 2 saturated heterocycles. The first-order valence-corrected chi connectivity index (χ1v) is 8.86. The Labute approximate surface area is 142 Å². The largest absolute Gasteiger partial charge is 0.445 e. The van der Waals surface area contributed by atoms with Gasteiger partial charge in [0.15, 0.2) is 0 Å². The fourth-order valence-corrected chi connectivity index (χ4v) is 3.88. The standard InChI is InChI=1S/C14H20F3N5OS/c1-10(11(23)21-4-2-3-5-21)20-6-8-22(9-7-20)13-19-18-12(24-13)14(15,16)17/h10H,2-9H2,1H3. The van der Waals surface area contributed by atoms with Gasteiger partial charge < -0.3 is 9.80 Å². The van der Waals surface area contributed by atoms with Crippen molar-refractivity contribution in [3.8, 4) is 0 Å². The van der Waals surface area contributed by atoms with E-state index in [9.17, 15) is 18.0 Å². The van der Waals surface area contributed by atoms with Crippen LogP contribution in [0.25, 0.3) is 0 Å². The zero-order chi connectivity index (χ0) is 17.3. The maximum absolute atomic E-state index is 12.6. The molecular formula is C14H20F3N5OS. The van der Waals surface area contributed by atoms with E-state index in [0.717, 1.165) is 25.9 Å². The molecule has 0 radical (unpaired) electrons. The van der Waals surface area contributed by atoms with Crippen LogP contribution in [0.3, 0.4) is 0 Å². The molecule has 1 amide bonds. The van der Waals surface area contributed by atoms with Gasteiger partial charge in [-0.2, -0.15) is 13.2 Å². The van der Waals surface area contributed by atoms with Crippen LogP contribution in [0.2, 0.25) is 0 Å². The van der Waals surface area contributed by atoms with Crippen molar-refractivity contribution in [1.29, 1.82) is 0 Å². The number of piperazine rings is 1. The molecule has 1 unspecified atom stereocenters. The fourth-order valence-electron chi connectivity index (χ4n) is 3.12. The van der Waals surface area contributed by atoms with E-state index in [2.05, 4.69) is 15.1 Å². The van der Waals surface area contributed by atoms with Crippen molar-refractivity contribution in [1.82, 2.24) is 20.0 Å². The lowest BCUT2D eigenvalue weighted by molar-refractivity contribution is -0.138. The molecule has 0 aromatic carbocycles. The molecule has 0 bridgehead atoms. The summed E-state index contributed by atoms with van der Waals surface area (Å²) < 4.78 is 37.8. The molecule has 2 aliphatic rings. The summed E-state index contributed by atoms with van der Waals surface area (Å²) in [4.78, 5) is 18.2. The van der Waals surface area contributed by atoms with E-state index >= 15 is 0 Å². The summed E-state index contributed by atoms with van der Waals surface area (Å²) in [5.41, 5.74) is 0. The molecule has 10 heteroatoms. The monoisotopic (exact) mass is 363 g/mol. The van der Waals surface area contributed by atoms with Crippen LogP contribution in [0, 0.1) is 0 Å². The Hall–Kier alpha value is -1.42. The molecule has 3 rings (SSSR count). The summed E-state index contributed by atoms with van der Waals surface area (Å²) in [6.45, 7) is 5.91. The second-order valence-corrected chi connectivity index (χ2v) is 7.07. The number of carbonyl (C=O) groups is 1. The van der Waals surface area contributed by atoms with Crippen LogP contribution in [-0.2, 0) is 11.0 Å². The van der Waals surface area contributed by atoms with E-state index in [1.165, 1.54) is 0 Å². The SMILES string of the molecule is CC(C(=O)N1CCCC1)N1CCN(c2nnc(C(F)(F)F)s2)CC1. The number of nitrogens with zero attached hydrogens (tertiary/aromatic N) is 5. The van der Waals surface area contributed by atoms with Crippen molar-refractivity contribution < 1.29 is 18.0 Å². The van der Waals surface area contributed by atoms with E-state index in [4.69, 9.17) is 0 Å². The Morgan fingerprint density at radius 2 is 1.71 bits per heavy atom. The van der Waals surface area contributed by atoms with Crippen LogP contribution >= 0.6 is 11.3 Å². The van der Waals surface area contributed by atoms with E-state index < -0.39 is 11.2 Å². The lowest BCUT2D eigenvalue weighted by Gasteiger charge is -2.38. The molecule has 0 saturated carbocycles. The molecule has 2 aliphatic heterocycles. The Balaban J connectivity index is 1.55. The molecule has 2 fully saturated rings. The summed E-state index contributed by atoms with van der Waals surface area (Å²) >= 11 is 0.568. The number of alkyl halides is 3. The molecule has 0 spiro atoms. The van der Waals surface area contributed by atoms with E-state index in [1.807, 2.05) is 11.8 Å². The number of rotatable bonds is 3. The molecule has 6 nitrogen and oxygen atoms in total. The van der Waals surface area contributed by atoms with Crippen molar-refractivity contribution in [3.63, 3.8) is 0 Å². The predicted octanol–water partition coefficient (Wildman–Crippen LogP) is 1.69. The topological polar surface area (TPSA) is 52.6 Å². The third kappa shape index (κ3) is 3.64. The number of amides is 1. The first-order valence-electron chi connectivity index (χ1n) is 8.05. The summed E-state index contributed by atoms with van der Waals surface area (Å²) in [6, 6.07) is -0.189. The van der Waals surface area contributed by atoms with Gasteiger partial charge in [0.2, 0.25) is 16.0 Å². The number of hydrogen-bond donors (Lipinski definition) is 0. The lowest BCUT2D eigenvalue weighted by atomic mass is 10.2. The molecule has 0 aliphatic carbocycles. The molecule has 0 N–H and O–H groups in total. The van der Waals surface area contributed by atoms with E-state index in [-0.39, 0.29) is 11.9 Å². The Morgan fingerprint density at radius 3 is 2.25 bits per heavy atom. The predicted molar refractivity (Wildman–Crippen MR) is 84.0 cm³/mol. The first kappa shape index (κ1) is 17.4. The third-order valence-electron chi connectivity index (χ3n) is 4.56. The minimum absolute atomic E-state index is 0.149. The highest BCUT2D eigenvalue weighted by Gasteiger charge is 2.37. The highest BCUT2D eigenvalue weighted by Crippen LogP contribution is 2.34. The van der Waals surface area contributed by atoms with Crippen molar-refractivity contribution in [3.05, 3.63) is 5.01 Å². The normalized spacial score (nSPS) is 21.3. The van der Waals surface area contributed by atoms with Gasteiger partial charge in [-0.15, -0.1) is 10.2 Å². The average molecular weight is 363 g/mol. The van der Waals surface area contributed by atoms with Gasteiger partial charge >= 0.3 is 6.18 Å². The number of hydrogen-bond acceptors (Lipinski definition) is 6. The van der Waals surface area contributed by atoms with E-state index in [0.29, 0.717) is 42.6 Å². The Morgan fingerprint density at radius 1 is 1.08 bits per heavy atom. The van der Waals surface area contributed by atoms with Gasteiger partial charge in [0.1, 0.15) is 0 Å². The van der Waals surface area contributed by atoms with Crippen LogP contribution < -0.4 is 4.90 Å². The molecule has 24 heavy (non-hydrogen) atoms. The Bertz CT molecular complexity index is 579. The maximum Gasteiger partial charge on any atom is 0.445 e. The van der Waals surface area contributed by atoms with Crippen molar-refractivity contribution in [2.24, 2.45) is 0 Å². The van der Waals surface area contributed by atoms with Crippen molar-refractivity contribution >= 4 is 22.4 Å². The van der Waals surface area contributed by atoms with Gasteiger partial charge in [0, 0.05) is 39.3 Å². The highest BCUT2D eigenvalue weighted by molar-refractivity contribution is 7.15. The van der Waals surface area contributed by atoms with E-state index in [1.54, 1.807) is 4.90 Å². The maximum atomic E-state index is 12.6. The fraction of sp³-hybridized carbons (Fsp3) is 0.786. The van der Waals surface area contributed by atoms with Crippen LogP contribution in [0.5, 0.6) is 0 Å². The van der Waals surface area contributed by atoms with Gasteiger partial charge in [0.05, 0.1) is 6.04 Å². The summed E-state index contributed by atoms with van der Waals surface area (Å²) in [7, 11) is 0. The molecule has 1 aromatic rings. The number of halogens is 3. The zero-order valence-electron chi connectivity index (χ0n) is 13.4. The molecule has 3 heterocycles. The Kier molecular flexibility index (Phi) is 4.95. The van der Waals surface area contributed by atoms with Crippen LogP contribution in [-0.4, -0.2) is 71.2 Å². The number of aromatic nitrogens is 2. The highest BCUT2D eigenvalue weighted by atomic mass is 32.1. The van der Waals surface area contributed by atoms with Crippen molar-refractivity contribution in [2.45, 2.75) is 32.0 Å². The lowest BCUT2D eigenvalue weighted by Crippen LogP contribution is -2.54. The van der Waals surface area contributed by atoms with Gasteiger partial charge in [-0.3, -0.25) is 9.69 Å². The summed E-state index contributed by atoms with van der Waals surface area (Å²) in [5.74, 6) is 0.149. The molecule has 1 aromatic heterocycles. The minimum Gasteiger partial charge on any atom is -0.344 e. The number of carbonyl (C=O) groups excluding carboxylic acids is 1. The van der Waals surface area contributed by atoms with Gasteiger partial charge in [-0.25, -0.2) is 0 Å². The second kappa shape index (κ2) is 6.83. The zero-order valence-corrected chi connectivity index (χ0v) is 14.2. The third-order valence-corrected chi connectivity index (χ3v) is 5.59. The summed E-state index contributed by atoms with van der Waals surface area (Å²) in [6.07, 6.45) is -2.33. The summed E-state index contributed by atoms with van der Waals surface area (Å²) in [5, 5.41) is 6.25. The number of likely N-dealkylation sites (tertiary alicyclic amines) is 1. The van der Waals surface area contributed by atoms with Crippen LogP contribution in [0.4, 0.5) is 18.3 Å². The van der Waals surface area contributed by atoms with Crippen LogP contribution in [0.1, 0.15) is 24.8 Å². The molecule has 134 valence electrons. The van der Waals surface area contributed by atoms with Crippen LogP contribution in [0.15, 0.2) is 0 Å².